The summed E-state index contributed by atoms with van der Waals surface area (Å²) >= 11 is 6.34. The largest absolute Gasteiger partial charge is 0.491 e. The molecule has 0 aliphatic carbocycles. The molecule has 2 aromatic carbocycles. The summed E-state index contributed by atoms with van der Waals surface area (Å²) in [5.41, 5.74) is -2.39. The summed E-state index contributed by atoms with van der Waals surface area (Å²) in [6.45, 7) is 4.46. The first-order valence-electron chi connectivity index (χ1n) is 11.8. The molecule has 0 bridgehead atoms. The SMILES string of the molecule is CCC[C@H](C)Oc1ccc(-c2nc(-c3cc(CNC(=O)C(C)(OC)C(F)(F)F)ccc3Cl)[nH]c(=O)n2)cc1. The second-order valence-electron chi connectivity index (χ2n) is 8.80. The Bertz CT molecular complexity index is 1330. The number of benzene rings is 2. The van der Waals surface area contributed by atoms with Gasteiger partial charge in [0, 0.05) is 24.8 Å². The Morgan fingerprint density at radius 1 is 1.16 bits per heavy atom. The van der Waals surface area contributed by atoms with Gasteiger partial charge in [-0.05, 0) is 62.2 Å². The first-order valence-corrected chi connectivity index (χ1v) is 12.2. The lowest BCUT2D eigenvalue weighted by Crippen LogP contribution is -2.55. The molecule has 1 unspecified atom stereocenters. The summed E-state index contributed by atoms with van der Waals surface area (Å²) in [6.07, 6.45) is -2.94. The van der Waals surface area contributed by atoms with E-state index in [4.69, 9.17) is 16.3 Å². The summed E-state index contributed by atoms with van der Waals surface area (Å²) in [5.74, 6) is -0.425. The minimum absolute atomic E-state index is 0.0594. The highest BCUT2D eigenvalue weighted by Gasteiger charge is 2.57. The number of methoxy groups -OCH3 is 1. The number of hydrogen-bond donors (Lipinski definition) is 2. The number of alkyl halides is 3. The molecule has 0 aliphatic rings. The summed E-state index contributed by atoms with van der Waals surface area (Å²) in [7, 11) is 0.810. The van der Waals surface area contributed by atoms with Gasteiger partial charge in [-0.25, -0.2) is 9.78 Å². The molecule has 0 fully saturated rings. The van der Waals surface area contributed by atoms with Gasteiger partial charge in [0.2, 0.25) is 5.60 Å². The zero-order chi connectivity index (χ0) is 28.1. The van der Waals surface area contributed by atoms with Crippen LogP contribution in [0.25, 0.3) is 22.8 Å². The fourth-order valence-corrected chi connectivity index (χ4v) is 3.78. The Hall–Kier alpha value is -3.44. The van der Waals surface area contributed by atoms with Crippen LogP contribution in [0, 0.1) is 0 Å². The maximum Gasteiger partial charge on any atom is 0.426 e. The molecular formula is C26H28ClF3N4O4. The number of carbonyl (C=O) groups is 1. The molecule has 0 saturated heterocycles. The van der Waals surface area contributed by atoms with E-state index in [2.05, 4.69) is 31.9 Å². The Kier molecular flexibility index (Phi) is 9.16. The van der Waals surface area contributed by atoms with Crippen LogP contribution in [0.5, 0.6) is 5.75 Å². The summed E-state index contributed by atoms with van der Waals surface area (Å²) in [4.78, 5) is 35.5. The standard InChI is InChI=1S/C26H28ClF3N4O4/c1-5-6-15(2)38-18-10-8-17(9-11-18)21-32-22(34-24(36)33-21)19-13-16(7-12-20(19)27)14-31-23(35)25(3,37-4)26(28,29)30/h7-13,15H,5-6,14H2,1-4H3,(H,31,35)(H,32,33,34,36)/t15-,25?/m0/s1. The van der Waals surface area contributed by atoms with Crippen molar-refractivity contribution in [2.45, 2.75) is 58.0 Å². The molecule has 204 valence electrons. The van der Waals surface area contributed by atoms with Crippen molar-refractivity contribution in [2.75, 3.05) is 7.11 Å². The highest BCUT2D eigenvalue weighted by Crippen LogP contribution is 2.33. The van der Waals surface area contributed by atoms with E-state index in [1.165, 1.54) is 18.2 Å². The van der Waals surface area contributed by atoms with Crippen LogP contribution in [0.3, 0.4) is 0 Å². The van der Waals surface area contributed by atoms with E-state index in [1.54, 1.807) is 24.3 Å². The molecule has 1 heterocycles. The van der Waals surface area contributed by atoms with Crippen molar-refractivity contribution in [3.05, 3.63) is 63.5 Å². The third kappa shape index (κ3) is 6.70. The molecule has 0 spiro atoms. The third-order valence-electron chi connectivity index (χ3n) is 5.92. The lowest BCUT2D eigenvalue weighted by atomic mass is 10.0. The van der Waals surface area contributed by atoms with Gasteiger partial charge in [-0.2, -0.15) is 18.2 Å². The molecule has 0 aliphatic heterocycles. The number of aromatic amines is 1. The van der Waals surface area contributed by atoms with Crippen molar-refractivity contribution in [1.29, 1.82) is 0 Å². The van der Waals surface area contributed by atoms with Gasteiger partial charge >= 0.3 is 11.9 Å². The van der Waals surface area contributed by atoms with Gasteiger partial charge in [0.25, 0.3) is 5.91 Å². The lowest BCUT2D eigenvalue weighted by molar-refractivity contribution is -0.253. The summed E-state index contributed by atoms with van der Waals surface area (Å²) in [5, 5.41) is 2.45. The number of nitrogens with zero attached hydrogens (tertiary/aromatic N) is 2. The number of carbonyl (C=O) groups excluding carboxylic acids is 1. The van der Waals surface area contributed by atoms with E-state index < -0.39 is 23.4 Å². The van der Waals surface area contributed by atoms with E-state index >= 15 is 0 Å². The molecule has 2 atom stereocenters. The predicted molar refractivity (Wildman–Crippen MR) is 137 cm³/mol. The van der Waals surface area contributed by atoms with E-state index in [0.29, 0.717) is 29.4 Å². The van der Waals surface area contributed by atoms with Gasteiger partial charge in [-0.3, -0.25) is 9.78 Å². The van der Waals surface area contributed by atoms with Crippen LogP contribution in [-0.4, -0.2) is 45.9 Å². The number of ether oxygens (including phenoxy) is 2. The molecule has 3 rings (SSSR count). The van der Waals surface area contributed by atoms with Crippen molar-refractivity contribution < 1.29 is 27.4 Å². The number of halogens is 4. The molecule has 0 radical (unpaired) electrons. The number of hydrogen-bond acceptors (Lipinski definition) is 6. The van der Waals surface area contributed by atoms with Crippen LogP contribution in [0.1, 0.15) is 39.2 Å². The first kappa shape index (κ1) is 29.1. The monoisotopic (exact) mass is 552 g/mol. The maximum absolute atomic E-state index is 13.3. The smallest absolute Gasteiger partial charge is 0.426 e. The average Bonchev–Trinajstić information content (AvgIpc) is 2.87. The second kappa shape index (κ2) is 12.0. The van der Waals surface area contributed by atoms with Crippen molar-refractivity contribution >= 4 is 17.5 Å². The molecule has 2 N–H and O–H groups in total. The van der Waals surface area contributed by atoms with Gasteiger partial charge < -0.3 is 14.8 Å². The van der Waals surface area contributed by atoms with Crippen molar-refractivity contribution in [3.63, 3.8) is 0 Å². The Morgan fingerprint density at radius 2 is 1.84 bits per heavy atom. The number of nitrogens with one attached hydrogen (secondary N) is 2. The van der Waals surface area contributed by atoms with Crippen LogP contribution in [0.15, 0.2) is 47.3 Å². The number of aromatic nitrogens is 3. The van der Waals surface area contributed by atoms with Gasteiger partial charge in [-0.15, -0.1) is 0 Å². The van der Waals surface area contributed by atoms with Gasteiger partial charge in [0.15, 0.2) is 5.82 Å². The second-order valence-corrected chi connectivity index (χ2v) is 9.21. The Morgan fingerprint density at radius 3 is 2.45 bits per heavy atom. The molecule has 0 saturated carbocycles. The molecule has 1 amide bonds. The van der Waals surface area contributed by atoms with E-state index in [-0.39, 0.29) is 29.3 Å². The minimum Gasteiger partial charge on any atom is -0.491 e. The van der Waals surface area contributed by atoms with Crippen LogP contribution in [-0.2, 0) is 16.1 Å². The summed E-state index contributed by atoms with van der Waals surface area (Å²) in [6, 6.07) is 11.5. The van der Waals surface area contributed by atoms with Gasteiger partial charge in [0.1, 0.15) is 11.6 Å². The lowest BCUT2D eigenvalue weighted by Gasteiger charge is -2.29. The van der Waals surface area contributed by atoms with Crippen LogP contribution in [0.2, 0.25) is 5.02 Å². The molecule has 1 aromatic heterocycles. The molecule has 12 heteroatoms. The quantitative estimate of drug-likeness (QED) is 0.353. The zero-order valence-corrected chi connectivity index (χ0v) is 22.0. The van der Waals surface area contributed by atoms with E-state index in [0.717, 1.165) is 20.0 Å². The molecular weight excluding hydrogens is 525 g/mol. The average molecular weight is 553 g/mol. The van der Waals surface area contributed by atoms with Crippen molar-refractivity contribution in [1.82, 2.24) is 20.3 Å². The van der Waals surface area contributed by atoms with Gasteiger partial charge in [-0.1, -0.05) is 31.0 Å². The van der Waals surface area contributed by atoms with Crippen LogP contribution < -0.4 is 15.7 Å². The first-order chi connectivity index (χ1) is 17.9. The van der Waals surface area contributed by atoms with Crippen LogP contribution >= 0.6 is 11.6 Å². The zero-order valence-electron chi connectivity index (χ0n) is 21.3. The summed E-state index contributed by atoms with van der Waals surface area (Å²) < 4.78 is 50.2. The highest BCUT2D eigenvalue weighted by atomic mass is 35.5. The maximum atomic E-state index is 13.3. The third-order valence-corrected chi connectivity index (χ3v) is 6.25. The Balaban J connectivity index is 1.85. The molecule has 38 heavy (non-hydrogen) atoms. The van der Waals surface area contributed by atoms with E-state index in [1.807, 2.05) is 6.92 Å². The Labute approximate surface area is 222 Å². The van der Waals surface area contributed by atoms with Gasteiger partial charge in [0.05, 0.1) is 11.1 Å². The normalized spacial score (nSPS) is 14.0. The van der Waals surface area contributed by atoms with E-state index in [9.17, 15) is 22.8 Å². The highest BCUT2D eigenvalue weighted by molar-refractivity contribution is 6.33. The molecule has 3 aromatic rings. The van der Waals surface area contributed by atoms with Crippen molar-refractivity contribution in [2.24, 2.45) is 0 Å². The molecule has 8 nitrogen and oxygen atoms in total. The number of rotatable bonds is 10. The minimum atomic E-state index is -4.91. The fraction of sp³-hybridized carbons (Fsp3) is 0.385. The van der Waals surface area contributed by atoms with Crippen molar-refractivity contribution in [3.8, 4) is 28.5 Å². The van der Waals surface area contributed by atoms with Crippen LogP contribution in [0.4, 0.5) is 13.2 Å². The number of amides is 1. The predicted octanol–water partition coefficient (Wildman–Crippen LogP) is 5.30. The topological polar surface area (TPSA) is 106 Å². The fourth-order valence-electron chi connectivity index (χ4n) is 3.57. The number of H-pyrrole nitrogens is 1.